The van der Waals surface area contributed by atoms with E-state index < -0.39 is 0 Å². The van der Waals surface area contributed by atoms with E-state index in [-0.39, 0.29) is 0 Å². The summed E-state index contributed by atoms with van der Waals surface area (Å²) in [7, 11) is 3.91. The Morgan fingerprint density at radius 1 is 1.39 bits per heavy atom. The van der Waals surface area contributed by atoms with E-state index in [1.54, 1.807) is 7.11 Å². The summed E-state index contributed by atoms with van der Waals surface area (Å²) in [5.74, 6) is 0. The standard InChI is InChI=1S/C14H25N3O/c1-4-15-11-14(12-18-3)17(2)10-7-13-5-8-16-9-6-13/h5-6,8-9,14-15H,4,7,10-12H2,1-3H3. The molecule has 0 amide bonds. The van der Waals surface area contributed by atoms with Crippen molar-refractivity contribution in [1.82, 2.24) is 15.2 Å². The van der Waals surface area contributed by atoms with E-state index in [9.17, 15) is 0 Å². The van der Waals surface area contributed by atoms with Crippen molar-refractivity contribution < 1.29 is 4.74 Å². The predicted octanol–water partition coefficient (Wildman–Crippen LogP) is 1.18. The van der Waals surface area contributed by atoms with Gasteiger partial charge >= 0.3 is 0 Å². The van der Waals surface area contributed by atoms with Gasteiger partial charge in [-0.25, -0.2) is 0 Å². The molecule has 0 aromatic carbocycles. The molecule has 0 aliphatic carbocycles. The maximum atomic E-state index is 5.28. The maximum Gasteiger partial charge on any atom is 0.0630 e. The van der Waals surface area contributed by atoms with Crippen LogP contribution in [-0.4, -0.2) is 56.3 Å². The Bertz CT molecular complexity index is 305. The number of likely N-dealkylation sites (N-methyl/N-ethyl adjacent to an activating group) is 2. The number of hydrogen-bond acceptors (Lipinski definition) is 4. The molecule has 0 fully saturated rings. The molecule has 0 radical (unpaired) electrons. The van der Waals surface area contributed by atoms with Crippen LogP contribution >= 0.6 is 0 Å². The van der Waals surface area contributed by atoms with Crippen molar-refractivity contribution in [1.29, 1.82) is 0 Å². The second-order valence-corrected chi connectivity index (χ2v) is 4.50. The Kier molecular flexibility index (Phi) is 7.57. The van der Waals surface area contributed by atoms with Crippen LogP contribution in [0.1, 0.15) is 12.5 Å². The monoisotopic (exact) mass is 251 g/mol. The van der Waals surface area contributed by atoms with Gasteiger partial charge in [-0.15, -0.1) is 0 Å². The highest BCUT2D eigenvalue weighted by Gasteiger charge is 2.13. The Morgan fingerprint density at radius 2 is 2.11 bits per heavy atom. The molecule has 4 heteroatoms. The number of aromatic nitrogens is 1. The molecule has 1 unspecified atom stereocenters. The molecule has 18 heavy (non-hydrogen) atoms. The van der Waals surface area contributed by atoms with Crippen molar-refractivity contribution in [3.05, 3.63) is 30.1 Å². The molecule has 0 spiro atoms. The molecule has 1 rings (SSSR count). The van der Waals surface area contributed by atoms with Gasteiger partial charge < -0.3 is 10.1 Å². The first-order valence-corrected chi connectivity index (χ1v) is 6.56. The largest absolute Gasteiger partial charge is 0.383 e. The third-order valence-electron chi connectivity index (χ3n) is 3.11. The zero-order chi connectivity index (χ0) is 13.2. The van der Waals surface area contributed by atoms with Crippen molar-refractivity contribution in [2.75, 3.05) is 40.4 Å². The van der Waals surface area contributed by atoms with Crippen LogP contribution in [0.15, 0.2) is 24.5 Å². The minimum atomic E-state index is 0.428. The zero-order valence-corrected chi connectivity index (χ0v) is 11.7. The number of rotatable bonds is 9. The van der Waals surface area contributed by atoms with Crippen molar-refractivity contribution >= 4 is 0 Å². The van der Waals surface area contributed by atoms with E-state index in [0.29, 0.717) is 6.04 Å². The molecule has 1 atom stereocenters. The molecule has 1 N–H and O–H groups in total. The highest BCUT2D eigenvalue weighted by atomic mass is 16.5. The van der Waals surface area contributed by atoms with E-state index in [2.05, 4.69) is 41.3 Å². The average Bonchev–Trinajstić information content (AvgIpc) is 2.42. The molecule has 0 aliphatic rings. The van der Waals surface area contributed by atoms with E-state index in [1.807, 2.05) is 12.4 Å². The summed E-state index contributed by atoms with van der Waals surface area (Å²) in [4.78, 5) is 6.39. The van der Waals surface area contributed by atoms with E-state index in [0.717, 1.165) is 32.7 Å². The molecular formula is C14H25N3O. The van der Waals surface area contributed by atoms with Crippen LogP contribution in [0, 0.1) is 0 Å². The molecule has 102 valence electrons. The third-order valence-corrected chi connectivity index (χ3v) is 3.11. The van der Waals surface area contributed by atoms with E-state index in [1.165, 1.54) is 5.56 Å². The van der Waals surface area contributed by atoms with Crippen LogP contribution in [0.4, 0.5) is 0 Å². The number of nitrogens with one attached hydrogen (secondary N) is 1. The lowest BCUT2D eigenvalue weighted by Crippen LogP contribution is -2.43. The van der Waals surface area contributed by atoms with Crippen LogP contribution in [0.25, 0.3) is 0 Å². The van der Waals surface area contributed by atoms with Crippen molar-refractivity contribution in [2.24, 2.45) is 0 Å². The summed E-state index contributed by atoms with van der Waals surface area (Å²) in [5, 5.41) is 3.38. The van der Waals surface area contributed by atoms with Crippen LogP contribution in [-0.2, 0) is 11.2 Å². The minimum absolute atomic E-state index is 0.428. The first-order chi connectivity index (χ1) is 8.77. The van der Waals surface area contributed by atoms with Crippen LogP contribution in [0.2, 0.25) is 0 Å². The Hall–Kier alpha value is -0.970. The summed E-state index contributed by atoms with van der Waals surface area (Å²) < 4.78 is 5.28. The first-order valence-electron chi connectivity index (χ1n) is 6.56. The predicted molar refractivity (Wildman–Crippen MR) is 74.8 cm³/mol. The fourth-order valence-electron chi connectivity index (χ4n) is 1.88. The van der Waals surface area contributed by atoms with Gasteiger partial charge in [-0.1, -0.05) is 6.92 Å². The van der Waals surface area contributed by atoms with Gasteiger partial charge in [0.15, 0.2) is 0 Å². The lowest BCUT2D eigenvalue weighted by Gasteiger charge is -2.27. The van der Waals surface area contributed by atoms with Gasteiger partial charge in [-0.2, -0.15) is 0 Å². The van der Waals surface area contributed by atoms with Crippen LogP contribution in [0.5, 0.6) is 0 Å². The SMILES string of the molecule is CCNCC(COC)N(C)CCc1ccncc1. The second-order valence-electron chi connectivity index (χ2n) is 4.50. The van der Waals surface area contributed by atoms with Gasteiger partial charge in [0.05, 0.1) is 6.61 Å². The summed E-state index contributed by atoms with van der Waals surface area (Å²) in [5.41, 5.74) is 1.33. The summed E-state index contributed by atoms with van der Waals surface area (Å²) in [6.07, 6.45) is 4.74. The number of methoxy groups -OCH3 is 1. The lowest BCUT2D eigenvalue weighted by molar-refractivity contribution is 0.106. The highest BCUT2D eigenvalue weighted by Crippen LogP contribution is 2.02. The second kappa shape index (κ2) is 9.03. The summed E-state index contributed by atoms with van der Waals surface area (Å²) in [6.45, 7) is 5.89. The smallest absolute Gasteiger partial charge is 0.0630 e. The van der Waals surface area contributed by atoms with Crippen molar-refractivity contribution in [3.8, 4) is 0 Å². The Morgan fingerprint density at radius 3 is 2.72 bits per heavy atom. The fourth-order valence-corrected chi connectivity index (χ4v) is 1.88. The summed E-state index contributed by atoms with van der Waals surface area (Å²) >= 11 is 0. The van der Waals surface area contributed by atoms with Crippen LogP contribution < -0.4 is 5.32 Å². The fraction of sp³-hybridized carbons (Fsp3) is 0.643. The van der Waals surface area contributed by atoms with Crippen molar-refractivity contribution in [2.45, 2.75) is 19.4 Å². The number of nitrogens with zero attached hydrogens (tertiary/aromatic N) is 2. The van der Waals surface area contributed by atoms with Gasteiger partial charge in [0.2, 0.25) is 0 Å². The molecule has 0 saturated carbocycles. The zero-order valence-electron chi connectivity index (χ0n) is 11.7. The molecular weight excluding hydrogens is 226 g/mol. The van der Waals surface area contributed by atoms with E-state index in [4.69, 9.17) is 4.74 Å². The van der Waals surface area contributed by atoms with Crippen LogP contribution in [0.3, 0.4) is 0 Å². The molecule has 1 aromatic rings. The average molecular weight is 251 g/mol. The molecule has 0 saturated heterocycles. The van der Waals surface area contributed by atoms with Gasteiger partial charge in [0.1, 0.15) is 0 Å². The summed E-state index contributed by atoms with van der Waals surface area (Å²) in [6, 6.07) is 4.57. The van der Waals surface area contributed by atoms with Gasteiger partial charge in [0, 0.05) is 38.6 Å². The lowest BCUT2D eigenvalue weighted by atomic mass is 10.1. The number of pyridine rings is 1. The molecule has 0 aliphatic heterocycles. The normalized spacial score (nSPS) is 12.9. The molecule has 4 nitrogen and oxygen atoms in total. The van der Waals surface area contributed by atoms with Gasteiger partial charge in [-0.3, -0.25) is 9.88 Å². The Labute approximate surface area is 110 Å². The highest BCUT2D eigenvalue weighted by molar-refractivity contribution is 5.09. The van der Waals surface area contributed by atoms with Crippen molar-refractivity contribution in [3.63, 3.8) is 0 Å². The number of hydrogen-bond donors (Lipinski definition) is 1. The topological polar surface area (TPSA) is 37.4 Å². The molecule has 1 aromatic heterocycles. The third kappa shape index (κ3) is 5.58. The minimum Gasteiger partial charge on any atom is -0.383 e. The molecule has 0 bridgehead atoms. The Balaban J connectivity index is 2.38. The first kappa shape index (κ1) is 15.1. The quantitative estimate of drug-likeness (QED) is 0.715. The number of ether oxygens (including phenoxy) is 1. The molecule has 1 heterocycles. The van der Waals surface area contributed by atoms with Gasteiger partial charge in [-0.05, 0) is 37.7 Å². The van der Waals surface area contributed by atoms with E-state index >= 15 is 0 Å². The van der Waals surface area contributed by atoms with Gasteiger partial charge in [0.25, 0.3) is 0 Å². The maximum absolute atomic E-state index is 5.28.